The third-order valence-corrected chi connectivity index (χ3v) is 4.45. The van der Waals surface area contributed by atoms with E-state index in [-0.39, 0.29) is 6.61 Å². The summed E-state index contributed by atoms with van der Waals surface area (Å²) in [4.78, 5) is 0. The lowest BCUT2D eigenvalue weighted by Crippen LogP contribution is -2.20. The first-order valence-electron chi connectivity index (χ1n) is 5.57. The van der Waals surface area contributed by atoms with Crippen LogP contribution in [0.3, 0.4) is 0 Å². The van der Waals surface area contributed by atoms with Crippen LogP contribution in [0.2, 0.25) is 39.3 Å². The molecule has 0 radical (unpaired) electrons. The van der Waals surface area contributed by atoms with Crippen LogP contribution in [-0.4, -0.2) is 27.9 Å². The number of hydrogen-bond donors (Lipinski definition) is 1. The summed E-state index contributed by atoms with van der Waals surface area (Å²) >= 11 is 0. The van der Waals surface area contributed by atoms with Gasteiger partial charge in [-0.25, -0.2) is 0 Å². The van der Waals surface area contributed by atoms with Crippen LogP contribution >= 0.6 is 0 Å². The molecule has 0 heterocycles. The molecule has 0 aromatic rings. The van der Waals surface area contributed by atoms with Crippen molar-refractivity contribution in [3.63, 3.8) is 0 Å². The zero-order valence-corrected chi connectivity index (χ0v) is 13.3. The Morgan fingerprint density at radius 3 is 1.60 bits per heavy atom. The Balaban J connectivity index is 5.01. The predicted molar refractivity (Wildman–Crippen MR) is 75.6 cm³/mol. The molecule has 0 aliphatic heterocycles. The molecule has 0 fully saturated rings. The maximum atomic E-state index is 9.39. The number of hydrogen-bond acceptors (Lipinski definition) is 1. The van der Waals surface area contributed by atoms with Crippen molar-refractivity contribution in [2.24, 2.45) is 0 Å². The lowest BCUT2D eigenvalue weighted by molar-refractivity contribution is 0.333. The lowest BCUT2D eigenvalue weighted by Gasteiger charge is -2.17. The fraction of sp³-hybridized carbons (Fsp3) is 0.667. The van der Waals surface area contributed by atoms with E-state index >= 15 is 0 Å². The SMILES string of the molecule is CC(=C\[Si](C)(C)C)/C(=C/[Si](C)(C)C)CO. The van der Waals surface area contributed by atoms with Gasteiger partial charge >= 0.3 is 0 Å². The van der Waals surface area contributed by atoms with Gasteiger partial charge in [-0.15, -0.1) is 0 Å². The second-order valence-electron chi connectivity index (χ2n) is 6.39. The topological polar surface area (TPSA) is 20.2 Å². The van der Waals surface area contributed by atoms with E-state index in [1.807, 2.05) is 0 Å². The molecule has 3 heteroatoms. The highest BCUT2D eigenvalue weighted by molar-refractivity contribution is 6.81. The van der Waals surface area contributed by atoms with Crippen LogP contribution in [0.5, 0.6) is 0 Å². The van der Waals surface area contributed by atoms with Crippen molar-refractivity contribution in [2.45, 2.75) is 46.2 Å². The molecule has 1 N–H and O–H groups in total. The summed E-state index contributed by atoms with van der Waals surface area (Å²) in [6.07, 6.45) is 0. The highest BCUT2D eigenvalue weighted by atomic mass is 28.3. The molecule has 0 saturated heterocycles. The molecule has 0 aliphatic carbocycles. The molecule has 0 aromatic heterocycles. The van der Waals surface area contributed by atoms with Gasteiger partial charge in [-0.2, -0.15) is 0 Å². The van der Waals surface area contributed by atoms with Crippen molar-refractivity contribution in [2.75, 3.05) is 6.61 Å². The first-order valence-corrected chi connectivity index (χ1v) is 12.7. The van der Waals surface area contributed by atoms with Gasteiger partial charge in [0.1, 0.15) is 0 Å². The molecule has 0 aromatic carbocycles. The first-order chi connectivity index (χ1) is 6.55. The molecule has 0 saturated carbocycles. The van der Waals surface area contributed by atoms with Crippen LogP contribution in [0.4, 0.5) is 0 Å². The molecule has 0 aliphatic rings. The van der Waals surface area contributed by atoms with Crippen LogP contribution in [0, 0.1) is 0 Å². The molecular formula is C12H26OSi2. The second-order valence-corrected chi connectivity index (χ2v) is 16.4. The molecule has 1 nitrogen and oxygen atoms in total. The van der Waals surface area contributed by atoms with E-state index in [1.54, 1.807) is 0 Å². The molecule has 0 atom stereocenters. The van der Waals surface area contributed by atoms with Gasteiger partial charge < -0.3 is 5.11 Å². The summed E-state index contributed by atoms with van der Waals surface area (Å²) in [7, 11) is -2.40. The van der Waals surface area contributed by atoms with Gasteiger partial charge in [-0.3, -0.25) is 0 Å². The first kappa shape index (κ1) is 14.9. The van der Waals surface area contributed by atoms with Crippen LogP contribution in [-0.2, 0) is 0 Å². The van der Waals surface area contributed by atoms with Crippen LogP contribution < -0.4 is 0 Å². The summed E-state index contributed by atoms with van der Waals surface area (Å²) in [5, 5.41) is 9.39. The zero-order valence-electron chi connectivity index (χ0n) is 11.3. The Hall–Kier alpha value is -0.126. The maximum absolute atomic E-state index is 9.39. The van der Waals surface area contributed by atoms with Gasteiger partial charge in [0.05, 0.1) is 22.8 Å². The van der Waals surface area contributed by atoms with E-state index < -0.39 is 16.1 Å². The highest BCUT2D eigenvalue weighted by Crippen LogP contribution is 2.17. The minimum atomic E-state index is -1.23. The Bertz CT molecular complexity index is 264. The highest BCUT2D eigenvalue weighted by Gasteiger charge is 2.14. The van der Waals surface area contributed by atoms with E-state index in [0.717, 1.165) is 5.57 Å². The minimum Gasteiger partial charge on any atom is -0.392 e. The molecule has 0 unspecified atom stereocenters. The van der Waals surface area contributed by atoms with Crippen LogP contribution in [0.15, 0.2) is 22.5 Å². The van der Waals surface area contributed by atoms with E-state index in [1.165, 1.54) is 5.57 Å². The Labute approximate surface area is 96.9 Å². The summed E-state index contributed by atoms with van der Waals surface area (Å²) in [6, 6.07) is 0. The molecular weight excluding hydrogens is 216 g/mol. The Morgan fingerprint density at radius 1 is 0.933 bits per heavy atom. The Kier molecular flexibility index (Phi) is 5.23. The number of aliphatic hydroxyl groups excluding tert-OH is 1. The van der Waals surface area contributed by atoms with Gasteiger partial charge in [0.25, 0.3) is 0 Å². The molecule has 0 rings (SSSR count). The average molecular weight is 243 g/mol. The Morgan fingerprint density at radius 2 is 1.33 bits per heavy atom. The maximum Gasteiger partial charge on any atom is 0.0691 e. The quantitative estimate of drug-likeness (QED) is 0.590. The van der Waals surface area contributed by atoms with Crippen molar-refractivity contribution in [3.8, 4) is 0 Å². The summed E-state index contributed by atoms with van der Waals surface area (Å²) in [6.45, 7) is 16.1. The van der Waals surface area contributed by atoms with Crippen molar-refractivity contribution in [1.82, 2.24) is 0 Å². The van der Waals surface area contributed by atoms with Crippen molar-refractivity contribution < 1.29 is 5.11 Å². The summed E-state index contributed by atoms with van der Waals surface area (Å²) in [5.74, 6) is 0. The lowest BCUT2D eigenvalue weighted by atomic mass is 10.2. The molecule has 0 spiro atoms. The minimum absolute atomic E-state index is 0.178. The average Bonchev–Trinajstić information content (AvgIpc) is 1.94. The van der Waals surface area contributed by atoms with Gasteiger partial charge in [0.2, 0.25) is 0 Å². The molecule has 0 bridgehead atoms. The summed E-state index contributed by atoms with van der Waals surface area (Å²) in [5.41, 5.74) is 7.09. The fourth-order valence-corrected chi connectivity index (χ4v) is 4.40. The van der Waals surface area contributed by atoms with E-state index in [4.69, 9.17) is 0 Å². The van der Waals surface area contributed by atoms with Gasteiger partial charge in [0.15, 0.2) is 0 Å². The van der Waals surface area contributed by atoms with Gasteiger partial charge in [0, 0.05) is 0 Å². The third-order valence-electron chi connectivity index (χ3n) is 1.93. The molecule has 88 valence electrons. The van der Waals surface area contributed by atoms with Crippen LogP contribution in [0.1, 0.15) is 6.92 Å². The number of rotatable bonds is 4. The standard InChI is InChI=1S/C12H26OSi2/c1-11(9-14(2,3)4)12(8-13)10-15(5,6)7/h9-10,13H,8H2,1-7H3/b11-9+,12-10+. The van der Waals surface area contributed by atoms with Crippen molar-refractivity contribution >= 4 is 16.1 Å². The van der Waals surface area contributed by atoms with Crippen molar-refractivity contribution in [3.05, 3.63) is 22.5 Å². The predicted octanol–water partition coefficient (Wildman–Crippen LogP) is 3.61. The largest absolute Gasteiger partial charge is 0.392 e. The molecule has 15 heavy (non-hydrogen) atoms. The van der Waals surface area contributed by atoms with Gasteiger partial charge in [-0.1, -0.05) is 56.3 Å². The van der Waals surface area contributed by atoms with Gasteiger partial charge in [-0.05, 0) is 12.5 Å². The fourth-order valence-electron chi connectivity index (χ4n) is 1.55. The monoisotopic (exact) mass is 242 g/mol. The summed E-state index contributed by atoms with van der Waals surface area (Å²) < 4.78 is 0. The normalized spacial score (nSPS) is 15.7. The zero-order chi connectivity index (χ0) is 12.3. The van der Waals surface area contributed by atoms with Crippen LogP contribution in [0.25, 0.3) is 0 Å². The van der Waals surface area contributed by atoms with Crippen molar-refractivity contribution in [1.29, 1.82) is 0 Å². The smallest absolute Gasteiger partial charge is 0.0691 e. The van der Waals surface area contributed by atoms with E-state index in [2.05, 4.69) is 57.6 Å². The third kappa shape index (κ3) is 7.76. The second kappa shape index (κ2) is 5.28. The molecule has 0 amide bonds. The van der Waals surface area contributed by atoms with E-state index in [9.17, 15) is 5.11 Å². The van der Waals surface area contributed by atoms with E-state index in [0.29, 0.717) is 0 Å². The number of aliphatic hydroxyl groups is 1.